The summed E-state index contributed by atoms with van der Waals surface area (Å²) in [5.41, 5.74) is 1.26. The number of nitrogens with zero attached hydrogens (tertiary/aromatic N) is 3. The van der Waals surface area contributed by atoms with Crippen LogP contribution in [0.1, 0.15) is 0 Å². The van der Waals surface area contributed by atoms with Gasteiger partial charge in [0.05, 0.1) is 16.5 Å². The van der Waals surface area contributed by atoms with E-state index in [0.29, 0.717) is 17.3 Å². The van der Waals surface area contributed by atoms with Crippen molar-refractivity contribution >= 4 is 32.7 Å². The van der Waals surface area contributed by atoms with E-state index in [2.05, 4.69) is 25.5 Å². The first-order valence-corrected chi connectivity index (χ1v) is 7.13. The molecule has 0 saturated carbocycles. The van der Waals surface area contributed by atoms with E-state index in [1.54, 1.807) is 24.5 Å². The van der Waals surface area contributed by atoms with Crippen molar-refractivity contribution in [3.05, 3.63) is 36.7 Å². The van der Waals surface area contributed by atoms with E-state index in [1.165, 1.54) is 12.1 Å². The minimum atomic E-state index is -3.69. The molecule has 20 heavy (non-hydrogen) atoms. The normalized spacial score (nSPS) is 11.7. The molecule has 8 nitrogen and oxygen atoms in total. The van der Waals surface area contributed by atoms with Gasteiger partial charge in [0.1, 0.15) is 0 Å². The number of benzene rings is 1. The van der Waals surface area contributed by atoms with Crippen molar-refractivity contribution in [2.75, 3.05) is 5.32 Å². The predicted octanol–water partition coefficient (Wildman–Crippen LogP) is 0.744. The van der Waals surface area contributed by atoms with Crippen LogP contribution in [0.25, 0.3) is 11.0 Å². The van der Waals surface area contributed by atoms with E-state index in [-0.39, 0.29) is 4.90 Å². The van der Waals surface area contributed by atoms with Gasteiger partial charge in [0.15, 0.2) is 5.65 Å². The summed E-state index contributed by atoms with van der Waals surface area (Å²) >= 11 is 0. The lowest BCUT2D eigenvalue weighted by molar-refractivity contribution is 0.598. The molecule has 0 unspecified atom stereocenters. The molecule has 4 N–H and O–H groups in total. The first-order chi connectivity index (χ1) is 9.52. The summed E-state index contributed by atoms with van der Waals surface area (Å²) in [6, 6.07) is 5.99. The van der Waals surface area contributed by atoms with Gasteiger partial charge in [0.25, 0.3) is 0 Å². The number of nitrogens with two attached hydrogens (primary N) is 1. The van der Waals surface area contributed by atoms with Crippen LogP contribution >= 0.6 is 0 Å². The first-order valence-electron chi connectivity index (χ1n) is 5.58. The fourth-order valence-corrected chi connectivity index (χ4v) is 2.17. The SMILES string of the molecule is NS(=O)(=O)c1ccc(Nc2ncc3cn[nH]c3n2)cc1. The molecule has 0 bridgehead atoms. The van der Waals surface area contributed by atoms with Crippen molar-refractivity contribution in [3.63, 3.8) is 0 Å². The summed E-state index contributed by atoms with van der Waals surface area (Å²) in [6.07, 6.45) is 3.26. The summed E-state index contributed by atoms with van der Waals surface area (Å²) in [5, 5.41) is 15.4. The fourth-order valence-electron chi connectivity index (χ4n) is 1.66. The molecule has 0 amide bonds. The van der Waals surface area contributed by atoms with Gasteiger partial charge in [-0.15, -0.1) is 0 Å². The predicted molar refractivity (Wildman–Crippen MR) is 72.8 cm³/mol. The topological polar surface area (TPSA) is 127 Å². The quantitative estimate of drug-likeness (QED) is 0.653. The minimum Gasteiger partial charge on any atom is -0.324 e. The standard InChI is InChI=1S/C11H10N6O2S/c12-20(18,19)9-3-1-8(2-4-9)15-11-13-5-7-6-14-17-10(7)16-11/h1-6H,(H2,12,18,19)(H2,13,14,15,16,17). The average Bonchev–Trinajstić information content (AvgIpc) is 2.86. The summed E-state index contributed by atoms with van der Waals surface area (Å²) in [5.74, 6) is 0.380. The lowest BCUT2D eigenvalue weighted by atomic mass is 10.3. The molecule has 0 aliphatic rings. The van der Waals surface area contributed by atoms with E-state index in [1.807, 2.05) is 0 Å². The molecule has 102 valence electrons. The zero-order valence-electron chi connectivity index (χ0n) is 10.1. The molecular formula is C11H10N6O2S. The van der Waals surface area contributed by atoms with Crippen molar-refractivity contribution in [2.24, 2.45) is 5.14 Å². The monoisotopic (exact) mass is 290 g/mol. The summed E-state index contributed by atoms with van der Waals surface area (Å²) in [6.45, 7) is 0. The second-order valence-electron chi connectivity index (χ2n) is 4.06. The smallest absolute Gasteiger partial charge is 0.238 e. The Bertz CT molecular complexity index is 856. The Balaban J connectivity index is 1.87. The van der Waals surface area contributed by atoms with Crippen LogP contribution < -0.4 is 10.5 Å². The van der Waals surface area contributed by atoms with Gasteiger partial charge in [0.2, 0.25) is 16.0 Å². The lowest BCUT2D eigenvalue weighted by Crippen LogP contribution is -2.11. The molecule has 2 heterocycles. The Morgan fingerprint density at radius 1 is 1.15 bits per heavy atom. The molecule has 2 aromatic heterocycles. The van der Waals surface area contributed by atoms with Crippen LogP contribution in [0, 0.1) is 0 Å². The van der Waals surface area contributed by atoms with E-state index in [0.717, 1.165) is 5.39 Å². The largest absolute Gasteiger partial charge is 0.324 e. The zero-order chi connectivity index (χ0) is 14.2. The number of hydrogen-bond donors (Lipinski definition) is 3. The number of H-pyrrole nitrogens is 1. The number of nitrogens with one attached hydrogen (secondary N) is 2. The van der Waals surface area contributed by atoms with Crippen molar-refractivity contribution in [1.29, 1.82) is 0 Å². The van der Waals surface area contributed by atoms with Crippen molar-refractivity contribution in [2.45, 2.75) is 4.90 Å². The molecule has 0 fully saturated rings. The summed E-state index contributed by atoms with van der Waals surface area (Å²) in [4.78, 5) is 8.39. The van der Waals surface area contributed by atoms with Crippen LogP contribution in [0.5, 0.6) is 0 Å². The van der Waals surface area contributed by atoms with E-state index < -0.39 is 10.0 Å². The Kier molecular flexibility index (Phi) is 2.84. The molecular weight excluding hydrogens is 280 g/mol. The average molecular weight is 290 g/mol. The van der Waals surface area contributed by atoms with Crippen molar-refractivity contribution in [1.82, 2.24) is 20.2 Å². The second kappa shape index (κ2) is 4.54. The highest BCUT2D eigenvalue weighted by Gasteiger charge is 2.07. The van der Waals surface area contributed by atoms with Crippen molar-refractivity contribution < 1.29 is 8.42 Å². The number of fused-ring (bicyclic) bond motifs is 1. The van der Waals surface area contributed by atoms with Gasteiger partial charge in [-0.1, -0.05) is 0 Å². The number of aromatic nitrogens is 4. The Morgan fingerprint density at radius 3 is 2.60 bits per heavy atom. The Labute approximate surface area is 114 Å². The van der Waals surface area contributed by atoms with E-state index in [4.69, 9.17) is 5.14 Å². The third-order valence-electron chi connectivity index (χ3n) is 2.63. The zero-order valence-corrected chi connectivity index (χ0v) is 10.9. The van der Waals surface area contributed by atoms with Crippen LogP contribution in [0.2, 0.25) is 0 Å². The third kappa shape index (κ3) is 2.44. The molecule has 0 aliphatic carbocycles. The number of rotatable bonds is 3. The number of primary sulfonamides is 1. The molecule has 0 atom stereocenters. The fraction of sp³-hybridized carbons (Fsp3) is 0. The Morgan fingerprint density at radius 2 is 1.90 bits per heavy atom. The number of aromatic amines is 1. The molecule has 9 heteroatoms. The van der Waals surface area contributed by atoms with Gasteiger partial charge < -0.3 is 5.32 Å². The van der Waals surface area contributed by atoms with Gasteiger partial charge >= 0.3 is 0 Å². The molecule has 0 saturated heterocycles. The maximum absolute atomic E-state index is 11.1. The molecule has 0 radical (unpaired) electrons. The van der Waals surface area contributed by atoms with Crippen LogP contribution in [-0.4, -0.2) is 28.6 Å². The maximum Gasteiger partial charge on any atom is 0.238 e. The number of sulfonamides is 1. The minimum absolute atomic E-state index is 0.0491. The third-order valence-corrected chi connectivity index (χ3v) is 3.56. The highest BCUT2D eigenvalue weighted by atomic mass is 32.2. The molecule has 0 aliphatic heterocycles. The van der Waals surface area contributed by atoms with E-state index in [9.17, 15) is 8.42 Å². The van der Waals surface area contributed by atoms with Crippen LogP contribution in [0.3, 0.4) is 0 Å². The highest BCUT2D eigenvalue weighted by molar-refractivity contribution is 7.89. The van der Waals surface area contributed by atoms with Crippen LogP contribution in [0.4, 0.5) is 11.6 Å². The van der Waals surface area contributed by atoms with Gasteiger partial charge in [-0.25, -0.2) is 18.5 Å². The highest BCUT2D eigenvalue weighted by Crippen LogP contribution is 2.17. The number of hydrogen-bond acceptors (Lipinski definition) is 6. The summed E-state index contributed by atoms with van der Waals surface area (Å²) < 4.78 is 22.3. The van der Waals surface area contributed by atoms with Gasteiger partial charge in [-0.05, 0) is 24.3 Å². The maximum atomic E-state index is 11.1. The van der Waals surface area contributed by atoms with Crippen molar-refractivity contribution in [3.8, 4) is 0 Å². The van der Waals surface area contributed by atoms with Gasteiger partial charge in [-0.2, -0.15) is 10.1 Å². The van der Waals surface area contributed by atoms with E-state index >= 15 is 0 Å². The Hall–Kier alpha value is -2.52. The molecule has 1 aromatic carbocycles. The lowest BCUT2D eigenvalue weighted by Gasteiger charge is -2.05. The number of anilines is 2. The second-order valence-corrected chi connectivity index (χ2v) is 5.62. The molecule has 0 spiro atoms. The first kappa shape index (κ1) is 12.5. The van der Waals surface area contributed by atoms with Gasteiger partial charge in [-0.3, -0.25) is 5.10 Å². The van der Waals surface area contributed by atoms with Gasteiger partial charge in [0, 0.05) is 11.9 Å². The summed E-state index contributed by atoms with van der Waals surface area (Å²) in [7, 11) is -3.69. The van der Waals surface area contributed by atoms with Crippen LogP contribution in [-0.2, 0) is 10.0 Å². The molecule has 3 aromatic rings. The molecule has 3 rings (SSSR count). The van der Waals surface area contributed by atoms with Crippen LogP contribution in [0.15, 0.2) is 41.6 Å².